The SMILES string of the molecule is CC1CCC(CC2(CNC3CC3)CCOC2C2CC2)O1. The number of rotatable bonds is 6. The van der Waals surface area contributed by atoms with Crippen LogP contribution in [0, 0.1) is 11.3 Å². The second kappa shape index (κ2) is 5.26. The lowest BCUT2D eigenvalue weighted by atomic mass is 9.74. The summed E-state index contributed by atoms with van der Waals surface area (Å²) in [6.07, 6.45) is 11.9. The van der Waals surface area contributed by atoms with E-state index in [-0.39, 0.29) is 0 Å². The largest absolute Gasteiger partial charge is 0.377 e. The van der Waals surface area contributed by atoms with Gasteiger partial charge in [-0.05, 0) is 64.2 Å². The van der Waals surface area contributed by atoms with Crippen molar-refractivity contribution in [2.75, 3.05) is 13.2 Å². The molecule has 4 fully saturated rings. The van der Waals surface area contributed by atoms with E-state index in [1.807, 2.05) is 0 Å². The van der Waals surface area contributed by atoms with Crippen LogP contribution < -0.4 is 5.32 Å². The Morgan fingerprint density at radius 1 is 1.10 bits per heavy atom. The molecule has 2 aliphatic heterocycles. The van der Waals surface area contributed by atoms with Crippen LogP contribution in [0.25, 0.3) is 0 Å². The Hall–Kier alpha value is -0.120. The van der Waals surface area contributed by atoms with Gasteiger partial charge < -0.3 is 14.8 Å². The summed E-state index contributed by atoms with van der Waals surface area (Å²) in [6.45, 7) is 4.35. The number of hydrogen-bond donors (Lipinski definition) is 1. The Kier molecular flexibility index (Phi) is 3.56. The first-order valence-corrected chi connectivity index (χ1v) is 8.76. The molecular weight excluding hydrogens is 250 g/mol. The zero-order valence-corrected chi connectivity index (χ0v) is 12.8. The molecule has 1 N–H and O–H groups in total. The Balaban J connectivity index is 1.45. The third-order valence-corrected chi connectivity index (χ3v) is 5.83. The van der Waals surface area contributed by atoms with E-state index in [1.165, 1.54) is 51.4 Å². The molecular formula is C17H29NO2. The summed E-state index contributed by atoms with van der Waals surface area (Å²) >= 11 is 0. The van der Waals surface area contributed by atoms with E-state index in [0.717, 1.165) is 25.1 Å². The Bertz CT molecular complexity index is 353. The molecule has 2 saturated carbocycles. The van der Waals surface area contributed by atoms with Gasteiger partial charge in [-0.3, -0.25) is 0 Å². The first-order valence-electron chi connectivity index (χ1n) is 8.76. The van der Waals surface area contributed by atoms with Gasteiger partial charge in [0.25, 0.3) is 0 Å². The molecule has 4 atom stereocenters. The van der Waals surface area contributed by atoms with Crippen molar-refractivity contribution < 1.29 is 9.47 Å². The molecule has 114 valence electrons. The number of hydrogen-bond acceptors (Lipinski definition) is 3. The highest BCUT2D eigenvalue weighted by Gasteiger charge is 2.52. The van der Waals surface area contributed by atoms with Crippen molar-refractivity contribution in [3.05, 3.63) is 0 Å². The molecule has 0 aromatic carbocycles. The van der Waals surface area contributed by atoms with Crippen LogP contribution in [0.3, 0.4) is 0 Å². The van der Waals surface area contributed by atoms with Crippen molar-refractivity contribution in [1.82, 2.24) is 5.32 Å². The van der Waals surface area contributed by atoms with Gasteiger partial charge in [-0.25, -0.2) is 0 Å². The molecule has 4 aliphatic rings. The molecule has 0 amide bonds. The molecule has 2 aliphatic carbocycles. The molecule has 2 heterocycles. The van der Waals surface area contributed by atoms with Crippen molar-refractivity contribution in [2.24, 2.45) is 11.3 Å². The molecule has 4 rings (SSSR count). The lowest BCUT2D eigenvalue weighted by Crippen LogP contribution is -2.44. The fraction of sp³-hybridized carbons (Fsp3) is 1.00. The van der Waals surface area contributed by atoms with Crippen LogP contribution in [0.2, 0.25) is 0 Å². The first kappa shape index (κ1) is 13.5. The van der Waals surface area contributed by atoms with E-state index in [2.05, 4.69) is 12.2 Å². The lowest BCUT2D eigenvalue weighted by Gasteiger charge is -2.37. The third-order valence-electron chi connectivity index (χ3n) is 5.83. The highest BCUT2D eigenvalue weighted by molar-refractivity contribution is 5.03. The van der Waals surface area contributed by atoms with Crippen molar-refractivity contribution >= 4 is 0 Å². The molecule has 20 heavy (non-hydrogen) atoms. The van der Waals surface area contributed by atoms with Crippen molar-refractivity contribution in [2.45, 2.75) is 82.6 Å². The second-order valence-electron chi connectivity index (χ2n) is 7.75. The zero-order valence-electron chi connectivity index (χ0n) is 12.8. The fourth-order valence-electron chi connectivity index (χ4n) is 4.35. The predicted octanol–water partition coefficient (Wildman–Crippen LogP) is 2.88. The Morgan fingerprint density at radius 2 is 1.95 bits per heavy atom. The summed E-state index contributed by atoms with van der Waals surface area (Å²) in [7, 11) is 0. The van der Waals surface area contributed by atoms with Gasteiger partial charge in [-0.2, -0.15) is 0 Å². The minimum absolute atomic E-state index is 0.360. The molecule has 0 bridgehead atoms. The zero-order chi connectivity index (χ0) is 13.6. The minimum atomic E-state index is 0.360. The molecule has 3 nitrogen and oxygen atoms in total. The van der Waals surface area contributed by atoms with E-state index in [0.29, 0.717) is 23.7 Å². The van der Waals surface area contributed by atoms with Crippen LogP contribution in [0.15, 0.2) is 0 Å². The maximum Gasteiger partial charge on any atom is 0.0673 e. The van der Waals surface area contributed by atoms with Crippen LogP contribution in [-0.4, -0.2) is 37.5 Å². The topological polar surface area (TPSA) is 30.5 Å². The van der Waals surface area contributed by atoms with Crippen LogP contribution in [0.4, 0.5) is 0 Å². The predicted molar refractivity (Wildman–Crippen MR) is 78.7 cm³/mol. The van der Waals surface area contributed by atoms with Gasteiger partial charge in [-0.1, -0.05) is 0 Å². The summed E-state index contributed by atoms with van der Waals surface area (Å²) in [5, 5.41) is 3.80. The lowest BCUT2D eigenvalue weighted by molar-refractivity contribution is -0.0193. The molecule has 3 heteroatoms. The van der Waals surface area contributed by atoms with Gasteiger partial charge >= 0.3 is 0 Å². The maximum atomic E-state index is 6.19. The first-order chi connectivity index (χ1) is 9.75. The molecule has 0 spiro atoms. The van der Waals surface area contributed by atoms with E-state index < -0.39 is 0 Å². The highest BCUT2D eigenvalue weighted by atomic mass is 16.5. The molecule has 0 aromatic rings. The van der Waals surface area contributed by atoms with Crippen LogP contribution >= 0.6 is 0 Å². The highest BCUT2D eigenvalue weighted by Crippen LogP contribution is 2.51. The third kappa shape index (κ3) is 2.77. The minimum Gasteiger partial charge on any atom is -0.377 e. The monoisotopic (exact) mass is 279 g/mol. The Labute approximate surface area is 122 Å². The van der Waals surface area contributed by atoms with E-state index >= 15 is 0 Å². The van der Waals surface area contributed by atoms with Crippen LogP contribution in [-0.2, 0) is 9.47 Å². The summed E-state index contributed by atoms with van der Waals surface area (Å²) < 4.78 is 12.3. The summed E-state index contributed by atoms with van der Waals surface area (Å²) in [6, 6.07) is 0.802. The van der Waals surface area contributed by atoms with Gasteiger partial charge in [0.1, 0.15) is 0 Å². The van der Waals surface area contributed by atoms with Gasteiger partial charge in [0.2, 0.25) is 0 Å². The van der Waals surface area contributed by atoms with E-state index in [1.54, 1.807) is 0 Å². The average molecular weight is 279 g/mol. The van der Waals surface area contributed by atoms with Gasteiger partial charge in [0.15, 0.2) is 0 Å². The average Bonchev–Trinajstić information content (AvgIpc) is 3.35. The molecule has 4 unspecified atom stereocenters. The van der Waals surface area contributed by atoms with Crippen molar-refractivity contribution in [3.8, 4) is 0 Å². The fourth-order valence-corrected chi connectivity index (χ4v) is 4.35. The van der Waals surface area contributed by atoms with Crippen LogP contribution in [0.1, 0.15) is 58.3 Å². The van der Waals surface area contributed by atoms with E-state index in [9.17, 15) is 0 Å². The molecule has 0 aromatic heterocycles. The van der Waals surface area contributed by atoms with Gasteiger partial charge in [0.05, 0.1) is 18.3 Å². The standard InChI is InChI=1S/C17H29NO2/c1-12-2-7-15(20-12)10-17(11-18-14-5-6-14)8-9-19-16(17)13-3-4-13/h12-16,18H,2-11H2,1H3. The van der Waals surface area contributed by atoms with Crippen LogP contribution in [0.5, 0.6) is 0 Å². The normalized spacial score (nSPS) is 45.1. The van der Waals surface area contributed by atoms with E-state index in [4.69, 9.17) is 9.47 Å². The summed E-state index contributed by atoms with van der Waals surface area (Å²) in [4.78, 5) is 0. The Morgan fingerprint density at radius 3 is 2.60 bits per heavy atom. The number of ether oxygens (including phenoxy) is 2. The smallest absolute Gasteiger partial charge is 0.0673 e. The maximum absolute atomic E-state index is 6.19. The summed E-state index contributed by atoms with van der Waals surface area (Å²) in [5.74, 6) is 0.845. The molecule has 2 saturated heterocycles. The molecule has 0 radical (unpaired) electrons. The quantitative estimate of drug-likeness (QED) is 0.811. The number of nitrogens with one attached hydrogen (secondary N) is 1. The second-order valence-corrected chi connectivity index (χ2v) is 7.75. The summed E-state index contributed by atoms with van der Waals surface area (Å²) in [5.41, 5.74) is 0.360. The van der Waals surface area contributed by atoms with Gasteiger partial charge in [0, 0.05) is 24.6 Å². The van der Waals surface area contributed by atoms with Crippen molar-refractivity contribution in [1.29, 1.82) is 0 Å². The van der Waals surface area contributed by atoms with Crippen molar-refractivity contribution in [3.63, 3.8) is 0 Å². The van der Waals surface area contributed by atoms with Gasteiger partial charge in [-0.15, -0.1) is 0 Å².